The number of rotatable bonds is 6. The lowest BCUT2D eigenvalue weighted by Gasteiger charge is -2.13. The summed E-state index contributed by atoms with van der Waals surface area (Å²) in [6.07, 6.45) is 0. The summed E-state index contributed by atoms with van der Waals surface area (Å²) >= 11 is 6.05. The number of sulfone groups is 1. The summed E-state index contributed by atoms with van der Waals surface area (Å²) in [4.78, 5) is 8.73. The zero-order valence-corrected chi connectivity index (χ0v) is 16.6. The molecule has 0 bridgehead atoms. The molecule has 1 heterocycles. The lowest BCUT2D eigenvalue weighted by atomic mass is 10.2. The van der Waals surface area contributed by atoms with Gasteiger partial charge in [-0.05, 0) is 41.9 Å². The molecule has 0 aliphatic rings. The summed E-state index contributed by atoms with van der Waals surface area (Å²) in [6, 6.07) is 9.91. The summed E-state index contributed by atoms with van der Waals surface area (Å²) < 4.78 is 34.5. The minimum Gasteiger partial charge on any atom is -0.493 e. The highest BCUT2D eigenvalue weighted by Gasteiger charge is 2.14. The van der Waals surface area contributed by atoms with Gasteiger partial charge >= 0.3 is 0 Å². The number of nitrogens with zero attached hydrogens (tertiary/aromatic N) is 2. The van der Waals surface area contributed by atoms with Crippen LogP contribution in [0.3, 0.4) is 0 Å². The first-order chi connectivity index (χ1) is 12.9. The Morgan fingerprint density at radius 1 is 1.04 bits per heavy atom. The lowest BCUT2D eigenvalue weighted by molar-refractivity contribution is 0.356. The first-order valence-electron chi connectivity index (χ1n) is 8.07. The van der Waals surface area contributed by atoms with Gasteiger partial charge in [0.2, 0.25) is 5.28 Å². The zero-order valence-electron chi connectivity index (χ0n) is 15.0. The molecule has 0 saturated carbocycles. The molecule has 0 aliphatic carbocycles. The van der Waals surface area contributed by atoms with E-state index in [0.29, 0.717) is 33.9 Å². The first-order valence-corrected chi connectivity index (χ1v) is 10.1. The average molecular weight is 408 g/mol. The van der Waals surface area contributed by atoms with Gasteiger partial charge in [0.1, 0.15) is 5.82 Å². The van der Waals surface area contributed by atoms with Crippen LogP contribution in [-0.4, -0.2) is 38.4 Å². The van der Waals surface area contributed by atoms with Gasteiger partial charge in [-0.15, -0.1) is 0 Å². The smallest absolute Gasteiger partial charge is 0.224 e. The number of methoxy groups -OCH3 is 2. The number of halogens is 1. The molecule has 0 aliphatic heterocycles. The van der Waals surface area contributed by atoms with Crippen LogP contribution >= 0.6 is 11.6 Å². The largest absolute Gasteiger partial charge is 0.493 e. The Labute approximate surface area is 162 Å². The molecule has 7 nitrogen and oxygen atoms in total. The number of benzene rings is 2. The van der Waals surface area contributed by atoms with Crippen LogP contribution in [0.1, 0.15) is 6.92 Å². The molecule has 0 saturated heterocycles. The van der Waals surface area contributed by atoms with Gasteiger partial charge in [0.15, 0.2) is 21.3 Å². The maximum Gasteiger partial charge on any atom is 0.224 e. The van der Waals surface area contributed by atoms with E-state index in [1.54, 1.807) is 50.4 Å². The lowest BCUT2D eigenvalue weighted by Crippen LogP contribution is -2.04. The molecule has 2 aromatic carbocycles. The van der Waals surface area contributed by atoms with E-state index in [0.717, 1.165) is 0 Å². The molecule has 9 heteroatoms. The van der Waals surface area contributed by atoms with Gasteiger partial charge in [-0.25, -0.2) is 13.4 Å². The number of anilines is 2. The second-order valence-electron chi connectivity index (χ2n) is 5.62. The zero-order chi connectivity index (χ0) is 19.6. The highest BCUT2D eigenvalue weighted by molar-refractivity contribution is 7.91. The second kappa shape index (κ2) is 7.58. The van der Waals surface area contributed by atoms with E-state index in [9.17, 15) is 8.42 Å². The fourth-order valence-electron chi connectivity index (χ4n) is 2.57. The van der Waals surface area contributed by atoms with Crippen LogP contribution in [-0.2, 0) is 9.84 Å². The maximum absolute atomic E-state index is 11.9. The average Bonchev–Trinajstić information content (AvgIpc) is 2.67. The van der Waals surface area contributed by atoms with Gasteiger partial charge < -0.3 is 14.8 Å². The van der Waals surface area contributed by atoms with Crippen molar-refractivity contribution in [3.63, 3.8) is 0 Å². The van der Waals surface area contributed by atoms with Gasteiger partial charge in [-0.3, -0.25) is 0 Å². The Bertz CT molecular complexity index is 1090. The van der Waals surface area contributed by atoms with E-state index in [4.69, 9.17) is 21.1 Å². The minimum absolute atomic E-state index is 0.0492. The molecule has 0 unspecified atom stereocenters. The van der Waals surface area contributed by atoms with E-state index in [1.165, 1.54) is 7.11 Å². The molecular formula is C18H18ClN3O4S. The van der Waals surface area contributed by atoms with Gasteiger partial charge in [-0.2, -0.15) is 4.98 Å². The van der Waals surface area contributed by atoms with Gasteiger partial charge in [0.25, 0.3) is 0 Å². The van der Waals surface area contributed by atoms with E-state index >= 15 is 0 Å². The molecule has 0 amide bonds. The molecule has 142 valence electrons. The highest BCUT2D eigenvalue weighted by Crippen LogP contribution is 2.35. The second-order valence-corrected chi connectivity index (χ2v) is 8.23. The number of aromatic nitrogens is 2. The van der Waals surface area contributed by atoms with Crippen molar-refractivity contribution >= 4 is 43.8 Å². The summed E-state index contributed by atoms with van der Waals surface area (Å²) in [7, 11) is -0.169. The predicted molar refractivity (Wildman–Crippen MR) is 105 cm³/mol. The molecule has 0 atom stereocenters. The fraction of sp³-hybridized carbons (Fsp3) is 0.222. The molecular weight excluding hydrogens is 390 g/mol. The van der Waals surface area contributed by atoms with Crippen LogP contribution in [0.5, 0.6) is 11.5 Å². The predicted octanol–water partition coefficient (Wildman–Crippen LogP) is 3.84. The Morgan fingerprint density at radius 2 is 1.67 bits per heavy atom. The standard InChI is InChI=1S/C18H18ClN3O4S/c1-4-27(23,24)12-7-5-11(6-8-12)20-17-13-9-15(25-2)16(26-3)10-14(13)21-18(19)22-17/h5-10H,4H2,1-3H3,(H,20,21,22). The molecule has 0 fully saturated rings. The summed E-state index contributed by atoms with van der Waals surface area (Å²) in [6.45, 7) is 1.61. The Balaban J connectivity index is 2.04. The number of ether oxygens (including phenoxy) is 2. The molecule has 1 aromatic heterocycles. The third-order valence-corrected chi connectivity index (χ3v) is 5.95. The maximum atomic E-state index is 11.9. The Morgan fingerprint density at radius 3 is 2.26 bits per heavy atom. The first kappa shape index (κ1) is 19.2. The van der Waals surface area contributed by atoms with Crippen LogP contribution in [0.4, 0.5) is 11.5 Å². The summed E-state index contributed by atoms with van der Waals surface area (Å²) in [5.74, 6) is 1.58. The monoisotopic (exact) mass is 407 g/mol. The molecule has 27 heavy (non-hydrogen) atoms. The third-order valence-electron chi connectivity index (χ3n) is 4.03. The third kappa shape index (κ3) is 3.91. The van der Waals surface area contributed by atoms with Crippen LogP contribution in [0, 0.1) is 0 Å². The van der Waals surface area contributed by atoms with Crippen LogP contribution in [0.2, 0.25) is 5.28 Å². The van der Waals surface area contributed by atoms with Crippen molar-refractivity contribution in [2.24, 2.45) is 0 Å². The number of nitrogens with one attached hydrogen (secondary N) is 1. The normalized spacial score (nSPS) is 11.4. The van der Waals surface area contributed by atoms with Crippen LogP contribution < -0.4 is 14.8 Å². The van der Waals surface area contributed by atoms with E-state index in [2.05, 4.69) is 15.3 Å². The molecule has 0 radical (unpaired) electrons. The SMILES string of the molecule is CCS(=O)(=O)c1ccc(Nc2nc(Cl)nc3cc(OC)c(OC)cc23)cc1. The number of hydrogen-bond acceptors (Lipinski definition) is 7. The quantitative estimate of drug-likeness (QED) is 0.621. The van der Waals surface area contributed by atoms with Crippen molar-refractivity contribution in [2.75, 3.05) is 25.3 Å². The van der Waals surface area contributed by atoms with Gasteiger partial charge in [0.05, 0.1) is 30.4 Å². The van der Waals surface area contributed by atoms with E-state index in [-0.39, 0.29) is 15.9 Å². The van der Waals surface area contributed by atoms with Crippen molar-refractivity contribution < 1.29 is 17.9 Å². The van der Waals surface area contributed by atoms with Crippen LogP contribution in [0.15, 0.2) is 41.3 Å². The van der Waals surface area contributed by atoms with E-state index < -0.39 is 9.84 Å². The van der Waals surface area contributed by atoms with Crippen molar-refractivity contribution in [1.29, 1.82) is 0 Å². The van der Waals surface area contributed by atoms with Gasteiger partial charge in [-0.1, -0.05) is 6.92 Å². The fourth-order valence-corrected chi connectivity index (χ4v) is 3.63. The number of hydrogen-bond donors (Lipinski definition) is 1. The van der Waals surface area contributed by atoms with E-state index in [1.807, 2.05) is 0 Å². The molecule has 3 aromatic rings. The van der Waals surface area contributed by atoms with Crippen LogP contribution in [0.25, 0.3) is 10.9 Å². The van der Waals surface area contributed by atoms with Crippen molar-refractivity contribution in [3.8, 4) is 11.5 Å². The Kier molecular flexibility index (Phi) is 5.38. The minimum atomic E-state index is -3.25. The molecule has 1 N–H and O–H groups in total. The van der Waals surface area contributed by atoms with Crippen molar-refractivity contribution in [3.05, 3.63) is 41.7 Å². The van der Waals surface area contributed by atoms with Crippen molar-refractivity contribution in [1.82, 2.24) is 9.97 Å². The summed E-state index contributed by atoms with van der Waals surface area (Å²) in [5.41, 5.74) is 1.25. The molecule has 0 spiro atoms. The number of fused-ring (bicyclic) bond motifs is 1. The van der Waals surface area contributed by atoms with Crippen molar-refractivity contribution in [2.45, 2.75) is 11.8 Å². The van der Waals surface area contributed by atoms with Gasteiger partial charge in [0, 0.05) is 17.1 Å². The summed E-state index contributed by atoms with van der Waals surface area (Å²) in [5, 5.41) is 3.90. The molecule has 3 rings (SSSR count). The Hall–Kier alpha value is -2.58. The highest BCUT2D eigenvalue weighted by atomic mass is 35.5. The topological polar surface area (TPSA) is 90.4 Å².